The molecule has 0 saturated carbocycles. The average Bonchev–Trinajstić information content (AvgIpc) is 2.55. The second-order valence-corrected chi connectivity index (χ2v) is 4.26. The fraction of sp³-hybridized carbons (Fsp3) is 0.909. The summed E-state index contributed by atoms with van der Waals surface area (Å²) in [6.07, 6.45) is 2.65. The summed E-state index contributed by atoms with van der Waals surface area (Å²) in [4.78, 5) is 4.65. The van der Waals surface area contributed by atoms with Crippen LogP contribution in [0.1, 0.15) is 40.5 Å². The zero-order valence-corrected chi connectivity index (χ0v) is 9.21. The summed E-state index contributed by atoms with van der Waals surface area (Å²) < 4.78 is 5.56. The molecule has 1 saturated heterocycles. The van der Waals surface area contributed by atoms with Crippen molar-refractivity contribution in [2.45, 2.75) is 52.7 Å². The molecule has 0 N–H and O–H groups in total. The van der Waals surface area contributed by atoms with Crippen molar-refractivity contribution >= 4 is 5.71 Å². The molecule has 2 nitrogen and oxygen atoms in total. The smallest absolute Gasteiger partial charge is 0.0949 e. The Labute approximate surface area is 81.4 Å². The predicted molar refractivity (Wildman–Crippen MR) is 56.4 cm³/mol. The standard InChI is InChI=1S/C11H21NO/c1-8(2)9(3)12-10(4)11-6-5-7-13-11/h8-9,11H,5-7H2,1-4H3. The molecule has 1 rings (SSSR count). The fourth-order valence-corrected chi connectivity index (χ4v) is 1.46. The van der Waals surface area contributed by atoms with E-state index in [-0.39, 0.29) is 0 Å². The summed E-state index contributed by atoms with van der Waals surface area (Å²) in [5, 5.41) is 0. The van der Waals surface area contributed by atoms with Crippen LogP contribution in [0.3, 0.4) is 0 Å². The van der Waals surface area contributed by atoms with Crippen LogP contribution in [0.5, 0.6) is 0 Å². The van der Waals surface area contributed by atoms with Crippen molar-refractivity contribution in [3.8, 4) is 0 Å². The Kier molecular flexibility index (Phi) is 3.91. The molecule has 0 spiro atoms. The molecule has 0 aliphatic carbocycles. The van der Waals surface area contributed by atoms with Gasteiger partial charge in [-0.25, -0.2) is 0 Å². The average molecular weight is 183 g/mol. The Morgan fingerprint density at radius 1 is 1.38 bits per heavy atom. The van der Waals surface area contributed by atoms with E-state index in [9.17, 15) is 0 Å². The zero-order valence-electron chi connectivity index (χ0n) is 9.21. The monoisotopic (exact) mass is 183 g/mol. The van der Waals surface area contributed by atoms with E-state index in [1.165, 1.54) is 12.1 Å². The first-order valence-corrected chi connectivity index (χ1v) is 5.27. The van der Waals surface area contributed by atoms with Gasteiger partial charge in [0.15, 0.2) is 0 Å². The maximum absolute atomic E-state index is 5.56. The molecule has 2 unspecified atom stereocenters. The van der Waals surface area contributed by atoms with Crippen LogP contribution in [0.4, 0.5) is 0 Å². The third kappa shape index (κ3) is 3.11. The molecule has 76 valence electrons. The number of hydrogen-bond donors (Lipinski definition) is 0. The molecule has 2 atom stereocenters. The molecule has 1 fully saturated rings. The number of rotatable bonds is 3. The number of hydrogen-bond acceptors (Lipinski definition) is 2. The van der Waals surface area contributed by atoms with Crippen LogP contribution in [0.15, 0.2) is 4.99 Å². The Morgan fingerprint density at radius 2 is 2.08 bits per heavy atom. The van der Waals surface area contributed by atoms with Crippen LogP contribution in [-0.2, 0) is 4.74 Å². The molecule has 0 aromatic heterocycles. The van der Waals surface area contributed by atoms with E-state index in [0.717, 1.165) is 13.0 Å². The first kappa shape index (κ1) is 10.7. The van der Waals surface area contributed by atoms with Crippen molar-refractivity contribution in [1.29, 1.82) is 0 Å². The molecule has 0 aromatic carbocycles. The van der Waals surface area contributed by atoms with Crippen molar-refractivity contribution in [2.75, 3.05) is 6.61 Å². The van der Waals surface area contributed by atoms with E-state index in [2.05, 4.69) is 32.7 Å². The van der Waals surface area contributed by atoms with Crippen molar-refractivity contribution in [1.82, 2.24) is 0 Å². The molecule has 1 aliphatic rings. The van der Waals surface area contributed by atoms with Crippen LogP contribution < -0.4 is 0 Å². The molecule has 2 heteroatoms. The van der Waals surface area contributed by atoms with Gasteiger partial charge in [-0.15, -0.1) is 0 Å². The lowest BCUT2D eigenvalue weighted by Crippen LogP contribution is -2.20. The lowest BCUT2D eigenvalue weighted by molar-refractivity contribution is 0.157. The van der Waals surface area contributed by atoms with Crippen molar-refractivity contribution in [3.63, 3.8) is 0 Å². The zero-order chi connectivity index (χ0) is 9.84. The third-order valence-corrected chi connectivity index (χ3v) is 2.77. The second kappa shape index (κ2) is 4.75. The van der Waals surface area contributed by atoms with Gasteiger partial charge in [-0.3, -0.25) is 4.99 Å². The lowest BCUT2D eigenvalue weighted by Gasteiger charge is -2.15. The van der Waals surface area contributed by atoms with Crippen molar-refractivity contribution in [2.24, 2.45) is 10.9 Å². The molecular formula is C11H21NO. The van der Waals surface area contributed by atoms with Gasteiger partial charge in [-0.05, 0) is 32.6 Å². The first-order chi connectivity index (χ1) is 6.11. The fourth-order valence-electron chi connectivity index (χ4n) is 1.46. The van der Waals surface area contributed by atoms with Gasteiger partial charge in [-0.2, -0.15) is 0 Å². The third-order valence-electron chi connectivity index (χ3n) is 2.77. The van der Waals surface area contributed by atoms with Gasteiger partial charge in [0, 0.05) is 18.4 Å². The van der Waals surface area contributed by atoms with E-state index in [1.54, 1.807) is 0 Å². The summed E-state index contributed by atoms with van der Waals surface area (Å²) in [5.41, 5.74) is 1.18. The highest BCUT2D eigenvalue weighted by atomic mass is 16.5. The van der Waals surface area contributed by atoms with Crippen LogP contribution in [0.2, 0.25) is 0 Å². The molecule has 1 aliphatic heterocycles. The van der Waals surface area contributed by atoms with Gasteiger partial charge in [0.25, 0.3) is 0 Å². The van der Waals surface area contributed by atoms with E-state index in [4.69, 9.17) is 4.74 Å². The van der Waals surface area contributed by atoms with Crippen LogP contribution in [0, 0.1) is 5.92 Å². The molecule has 1 heterocycles. The number of ether oxygens (including phenoxy) is 1. The van der Waals surface area contributed by atoms with E-state index >= 15 is 0 Å². The van der Waals surface area contributed by atoms with Crippen molar-refractivity contribution < 1.29 is 4.74 Å². The number of nitrogens with zero attached hydrogens (tertiary/aromatic N) is 1. The van der Waals surface area contributed by atoms with Crippen molar-refractivity contribution in [3.05, 3.63) is 0 Å². The Balaban J connectivity index is 2.48. The van der Waals surface area contributed by atoms with Gasteiger partial charge in [0.1, 0.15) is 0 Å². The maximum atomic E-state index is 5.56. The largest absolute Gasteiger partial charge is 0.372 e. The Bertz CT molecular complexity index is 181. The minimum absolute atomic E-state index is 0.307. The summed E-state index contributed by atoms with van der Waals surface area (Å²) in [6.45, 7) is 9.58. The van der Waals surface area contributed by atoms with Crippen LogP contribution >= 0.6 is 0 Å². The van der Waals surface area contributed by atoms with Gasteiger partial charge in [0.05, 0.1) is 6.10 Å². The summed E-state index contributed by atoms with van der Waals surface area (Å²) in [6, 6.07) is 0.421. The minimum atomic E-state index is 0.307. The van der Waals surface area contributed by atoms with Gasteiger partial charge in [-0.1, -0.05) is 13.8 Å². The number of aliphatic imine (C=N–C) groups is 1. The summed E-state index contributed by atoms with van der Waals surface area (Å²) >= 11 is 0. The first-order valence-electron chi connectivity index (χ1n) is 5.27. The molecule has 0 radical (unpaired) electrons. The Morgan fingerprint density at radius 3 is 2.54 bits per heavy atom. The van der Waals surface area contributed by atoms with E-state index < -0.39 is 0 Å². The van der Waals surface area contributed by atoms with Gasteiger partial charge in [0.2, 0.25) is 0 Å². The topological polar surface area (TPSA) is 21.6 Å². The minimum Gasteiger partial charge on any atom is -0.372 e. The maximum Gasteiger partial charge on any atom is 0.0949 e. The van der Waals surface area contributed by atoms with Crippen LogP contribution in [-0.4, -0.2) is 24.5 Å². The highest BCUT2D eigenvalue weighted by Crippen LogP contribution is 2.15. The molecule has 0 aromatic rings. The quantitative estimate of drug-likeness (QED) is 0.616. The highest BCUT2D eigenvalue weighted by Gasteiger charge is 2.19. The lowest BCUT2D eigenvalue weighted by atomic mass is 10.1. The molecular weight excluding hydrogens is 162 g/mol. The summed E-state index contributed by atoms with van der Waals surface area (Å²) in [5.74, 6) is 0.622. The summed E-state index contributed by atoms with van der Waals surface area (Å²) in [7, 11) is 0. The van der Waals surface area contributed by atoms with Gasteiger partial charge >= 0.3 is 0 Å². The normalized spacial score (nSPS) is 26.8. The molecule has 0 amide bonds. The van der Waals surface area contributed by atoms with Crippen LogP contribution in [0.25, 0.3) is 0 Å². The second-order valence-electron chi connectivity index (χ2n) is 4.26. The highest BCUT2D eigenvalue weighted by molar-refractivity contribution is 5.86. The SMILES string of the molecule is CC(=NC(C)C(C)C)C1CCCO1. The van der Waals surface area contributed by atoms with E-state index in [0.29, 0.717) is 18.1 Å². The molecule has 0 bridgehead atoms. The predicted octanol–water partition coefficient (Wildman–Crippen LogP) is 2.67. The molecule has 13 heavy (non-hydrogen) atoms. The van der Waals surface area contributed by atoms with Gasteiger partial charge < -0.3 is 4.74 Å². The van der Waals surface area contributed by atoms with E-state index in [1.807, 2.05) is 0 Å². The Hall–Kier alpha value is -0.370.